The Bertz CT molecular complexity index is 835. The highest BCUT2D eigenvalue weighted by molar-refractivity contribution is 7.84. The summed E-state index contributed by atoms with van der Waals surface area (Å²) >= 11 is 7.23. The summed E-state index contributed by atoms with van der Waals surface area (Å²) in [6, 6.07) is 7.64. The van der Waals surface area contributed by atoms with Crippen LogP contribution in [0.3, 0.4) is 0 Å². The van der Waals surface area contributed by atoms with Crippen molar-refractivity contribution in [1.82, 2.24) is 9.71 Å². The Morgan fingerprint density at radius 3 is 2.60 bits per heavy atom. The molecular weight excluding hydrogens is 386 g/mol. The number of aromatic nitrogens is 1. The van der Waals surface area contributed by atoms with E-state index in [1.54, 1.807) is 0 Å². The van der Waals surface area contributed by atoms with E-state index in [1.165, 1.54) is 18.4 Å². The van der Waals surface area contributed by atoms with E-state index in [9.17, 15) is 13.2 Å². The van der Waals surface area contributed by atoms with Gasteiger partial charge in [-0.05, 0) is 37.5 Å². The van der Waals surface area contributed by atoms with Crippen molar-refractivity contribution >= 4 is 44.3 Å². The summed E-state index contributed by atoms with van der Waals surface area (Å²) in [4.78, 5) is 17.1. The van der Waals surface area contributed by atoms with E-state index in [0.29, 0.717) is 10.2 Å². The predicted molar refractivity (Wildman–Crippen MR) is 98.3 cm³/mol. The van der Waals surface area contributed by atoms with Gasteiger partial charge >= 0.3 is 10.3 Å². The van der Waals surface area contributed by atoms with Crippen LogP contribution in [-0.4, -0.2) is 33.0 Å². The van der Waals surface area contributed by atoms with Gasteiger partial charge in [-0.3, -0.25) is 10.1 Å². The molecule has 0 saturated carbocycles. The number of benzene rings is 1. The maximum absolute atomic E-state index is 11.7. The minimum atomic E-state index is -3.89. The molecule has 1 amide bonds. The maximum Gasteiger partial charge on any atom is 0.336 e. The molecule has 0 fully saturated rings. The standard InChI is InChI=1S/C15H18ClN3O4S2/c1-10-13(8-5-11-3-6-12(16)7-4-11)24-15(18-10)19-14(20)9-23-25(21,22)17-2/h3-4,6-7,17H,5,8-9H2,1-2H3,(H,18,19,20). The van der Waals surface area contributed by atoms with Crippen molar-refractivity contribution < 1.29 is 17.4 Å². The van der Waals surface area contributed by atoms with E-state index in [0.717, 1.165) is 29.0 Å². The molecule has 0 atom stereocenters. The lowest BCUT2D eigenvalue weighted by Crippen LogP contribution is -2.27. The molecule has 0 unspecified atom stereocenters. The number of nitrogens with one attached hydrogen (secondary N) is 2. The lowest BCUT2D eigenvalue weighted by Gasteiger charge is -2.03. The third-order valence-corrected chi connectivity index (χ3v) is 5.60. The van der Waals surface area contributed by atoms with Crippen LogP contribution in [-0.2, 0) is 32.1 Å². The Balaban J connectivity index is 1.90. The van der Waals surface area contributed by atoms with Crippen LogP contribution < -0.4 is 10.0 Å². The van der Waals surface area contributed by atoms with Crippen LogP contribution in [0, 0.1) is 6.92 Å². The molecule has 7 nitrogen and oxygen atoms in total. The van der Waals surface area contributed by atoms with Gasteiger partial charge in [-0.1, -0.05) is 23.7 Å². The first-order valence-electron chi connectivity index (χ1n) is 7.37. The number of carbonyl (C=O) groups excluding carboxylic acids is 1. The summed E-state index contributed by atoms with van der Waals surface area (Å²) in [5.74, 6) is -0.586. The van der Waals surface area contributed by atoms with Crippen molar-refractivity contribution in [2.45, 2.75) is 19.8 Å². The van der Waals surface area contributed by atoms with E-state index in [4.69, 9.17) is 11.6 Å². The van der Waals surface area contributed by atoms with Gasteiger partial charge in [0.2, 0.25) is 0 Å². The van der Waals surface area contributed by atoms with Gasteiger partial charge in [0.25, 0.3) is 5.91 Å². The molecule has 0 bridgehead atoms. The van der Waals surface area contributed by atoms with Crippen molar-refractivity contribution in [2.24, 2.45) is 0 Å². The monoisotopic (exact) mass is 403 g/mol. The Morgan fingerprint density at radius 1 is 1.28 bits per heavy atom. The van der Waals surface area contributed by atoms with Crippen LogP contribution in [0.2, 0.25) is 5.02 Å². The molecule has 1 aromatic carbocycles. The third-order valence-electron chi connectivity index (χ3n) is 3.29. The first-order valence-corrected chi connectivity index (χ1v) is 9.98. The number of hydrogen-bond donors (Lipinski definition) is 2. The van der Waals surface area contributed by atoms with Crippen molar-refractivity contribution in [3.8, 4) is 0 Å². The van der Waals surface area contributed by atoms with Crippen LogP contribution in [0.25, 0.3) is 0 Å². The Morgan fingerprint density at radius 2 is 1.96 bits per heavy atom. The zero-order valence-corrected chi connectivity index (χ0v) is 16.1. The molecule has 2 N–H and O–H groups in total. The van der Waals surface area contributed by atoms with Crippen LogP contribution >= 0.6 is 22.9 Å². The number of anilines is 1. The summed E-state index contributed by atoms with van der Waals surface area (Å²) in [7, 11) is -2.69. The first-order chi connectivity index (χ1) is 11.8. The zero-order valence-electron chi connectivity index (χ0n) is 13.7. The predicted octanol–water partition coefficient (Wildman–Crippen LogP) is 2.31. The molecular formula is C15H18ClN3O4S2. The highest BCUT2D eigenvalue weighted by Crippen LogP contribution is 2.24. The second-order valence-corrected chi connectivity index (χ2v) is 8.19. The number of thiazole rings is 1. The number of nitrogens with zero attached hydrogens (tertiary/aromatic N) is 1. The minimum absolute atomic E-state index is 0.416. The average Bonchev–Trinajstić information content (AvgIpc) is 2.92. The van der Waals surface area contributed by atoms with Gasteiger partial charge in [-0.2, -0.15) is 13.1 Å². The lowest BCUT2D eigenvalue weighted by molar-refractivity contribution is -0.118. The van der Waals surface area contributed by atoms with E-state index in [2.05, 4.69) is 14.5 Å². The molecule has 10 heteroatoms. The van der Waals surface area contributed by atoms with Crippen molar-refractivity contribution in [2.75, 3.05) is 19.0 Å². The molecule has 1 heterocycles. The quantitative estimate of drug-likeness (QED) is 0.704. The van der Waals surface area contributed by atoms with Crippen LogP contribution in [0.1, 0.15) is 16.1 Å². The fourth-order valence-corrected chi connectivity index (χ4v) is 3.45. The number of halogens is 1. The zero-order chi connectivity index (χ0) is 18.4. The van der Waals surface area contributed by atoms with Gasteiger partial charge in [0, 0.05) is 16.9 Å². The molecule has 2 aromatic rings. The second-order valence-electron chi connectivity index (χ2n) is 5.12. The minimum Gasteiger partial charge on any atom is -0.300 e. The SMILES string of the molecule is CNS(=O)(=O)OCC(=O)Nc1nc(C)c(CCc2ccc(Cl)cc2)s1. The van der Waals surface area contributed by atoms with Gasteiger partial charge in [0.1, 0.15) is 6.61 Å². The van der Waals surface area contributed by atoms with Crippen LogP contribution in [0.15, 0.2) is 24.3 Å². The summed E-state index contributed by atoms with van der Waals surface area (Å²) in [5, 5.41) is 3.65. The van der Waals surface area contributed by atoms with Gasteiger partial charge in [0.05, 0.1) is 5.69 Å². The molecule has 2 rings (SSSR count). The second kappa shape index (κ2) is 8.72. The molecule has 25 heavy (non-hydrogen) atoms. The molecule has 0 radical (unpaired) electrons. The summed E-state index contributed by atoms with van der Waals surface area (Å²) in [6.45, 7) is 1.26. The highest BCUT2D eigenvalue weighted by Gasteiger charge is 2.14. The summed E-state index contributed by atoms with van der Waals surface area (Å²) in [6.07, 6.45) is 1.61. The van der Waals surface area contributed by atoms with Gasteiger partial charge < -0.3 is 0 Å². The Hall–Kier alpha value is -1.52. The first kappa shape index (κ1) is 19.8. The topological polar surface area (TPSA) is 97.4 Å². The molecule has 1 aromatic heterocycles. The summed E-state index contributed by atoms with van der Waals surface area (Å²) in [5.41, 5.74) is 1.99. The fourth-order valence-electron chi connectivity index (χ4n) is 1.97. The number of carbonyl (C=O) groups is 1. The molecule has 0 spiro atoms. The van der Waals surface area contributed by atoms with E-state index in [-0.39, 0.29) is 0 Å². The van der Waals surface area contributed by atoms with E-state index in [1.807, 2.05) is 35.9 Å². The van der Waals surface area contributed by atoms with Crippen LogP contribution in [0.5, 0.6) is 0 Å². The molecule has 0 aliphatic carbocycles. The molecule has 0 aliphatic heterocycles. The Kier molecular flexibility index (Phi) is 6.91. The normalized spacial score (nSPS) is 11.5. The van der Waals surface area contributed by atoms with Crippen molar-refractivity contribution in [1.29, 1.82) is 0 Å². The Labute approximate surface area is 155 Å². The smallest absolute Gasteiger partial charge is 0.300 e. The number of amides is 1. The molecule has 0 saturated heterocycles. The largest absolute Gasteiger partial charge is 0.336 e. The lowest BCUT2D eigenvalue weighted by atomic mass is 10.1. The maximum atomic E-state index is 11.7. The number of aryl methyl sites for hydroxylation is 3. The summed E-state index contributed by atoms with van der Waals surface area (Å²) < 4.78 is 28.7. The number of rotatable bonds is 8. The van der Waals surface area contributed by atoms with Gasteiger partial charge in [0.15, 0.2) is 5.13 Å². The third kappa shape index (κ3) is 6.37. The molecule has 136 valence electrons. The van der Waals surface area contributed by atoms with E-state index >= 15 is 0 Å². The van der Waals surface area contributed by atoms with E-state index < -0.39 is 22.8 Å². The van der Waals surface area contributed by atoms with Gasteiger partial charge in [-0.15, -0.1) is 11.3 Å². The fraction of sp³-hybridized carbons (Fsp3) is 0.333. The highest BCUT2D eigenvalue weighted by atomic mass is 35.5. The van der Waals surface area contributed by atoms with Crippen molar-refractivity contribution in [3.05, 3.63) is 45.4 Å². The van der Waals surface area contributed by atoms with Gasteiger partial charge in [-0.25, -0.2) is 9.17 Å². The van der Waals surface area contributed by atoms with Crippen molar-refractivity contribution in [3.63, 3.8) is 0 Å². The average molecular weight is 404 g/mol. The molecule has 0 aliphatic rings. The number of hydrogen-bond acceptors (Lipinski definition) is 6. The van der Waals surface area contributed by atoms with Crippen LogP contribution in [0.4, 0.5) is 5.13 Å².